The molecule has 11 heteroatoms. The lowest BCUT2D eigenvalue weighted by atomic mass is 9.98. The van der Waals surface area contributed by atoms with E-state index in [-0.39, 0.29) is 0 Å². The molecule has 0 rings (SSSR count). The molecule has 0 fully saturated rings. The summed E-state index contributed by atoms with van der Waals surface area (Å²) in [6.07, 6.45) is 0. The quantitative estimate of drug-likeness (QED) is 0.612. The lowest BCUT2D eigenvalue weighted by molar-refractivity contribution is -0.454. The SMILES string of the molecule is CC(F)(F)C(F)(F)C(F)(F)C(F)(F)C(O)(O)F. The zero-order chi connectivity index (χ0) is 14.5. The average molecular weight is 280 g/mol. The smallest absolute Gasteiger partial charge is 0.335 e. The van der Waals surface area contributed by atoms with Crippen molar-refractivity contribution in [1.29, 1.82) is 0 Å². The third kappa shape index (κ3) is 2.17. The van der Waals surface area contributed by atoms with Gasteiger partial charge >= 0.3 is 29.7 Å². The fourth-order valence-corrected chi connectivity index (χ4v) is 0.673. The minimum atomic E-state index is -7.03. The Morgan fingerprint density at radius 3 is 1.06 bits per heavy atom. The molecule has 0 unspecified atom stereocenters. The van der Waals surface area contributed by atoms with Gasteiger partial charge in [-0.2, -0.15) is 39.5 Å². The summed E-state index contributed by atoms with van der Waals surface area (Å²) in [7, 11) is 0. The molecule has 0 aliphatic rings. The second-order valence-corrected chi connectivity index (χ2v) is 3.20. The van der Waals surface area contributed by atoms with Crippen LogP contribution >= 0.6 is 0 Å². The zero-order valence-corrected chi connectivity index (χ0v) is 7.80. The van der Waals surface area contributed by atoms with E-state index in [9.17, 15) is 39.5 Å². The van der Waals surface area contributed by atoms with E-state index < -0.39 is 36.7 Å². The largest absolute Gasteiger partial charge is 0.400 e. The van der Waals surface area contributed by atoms with Gasteiger partial charge in [0.15, 0.2) is 0 Å². The van der Waals surface area contributed by atoms with Crippen molar-refractivity contribution in [1.82, 2.24) is 0 Å². The summed E-state index contributed by atoms with van der Waals surface area (Å²) >= 11 is 0. The van der Waals surface area contributed by atoms with Gasteiger partial charge in [0.25, 0.3) is 0 Å². The Labute approximate surface area is 87.6 Å². The molecule has 104 valence electrons. The normalized spacial score (nSPS) is 16.2. The number of rotatable bonds is 4. The van der Waals surface area contributed by atoms with Crippen LogP contribution in [0.3, 0.4) is 0 Å². The Balaban J connectivity index is 5.73. The van der Waals surface area contributed by atoms with Gasteiger partial charge < -0.3 is 10.2 Å². The van der Waals surface area contributed by atoms with E-state index in [4.69, 9.17) is 10.2 Å². The van der Waals surface area contributed by atoms with Crippen LogP contribution in [0.15, 0.2) is 0 Å². The first-order valence-corrected chi connectivity index (χ1v) is 3.65. The first kappa shape index (κ1) is 16.3. The first-order valence-electron chi connectivity index (χ1n) is 3.65. The van der Waals surface area contributed by atoms with Crippen molar-refractivity contribution in [2.45, 2.75) is 36.7 Å². The molecule has 0 aromatic carbocycles. The zero-order valence-electron chi connectivity index (χ0n) is 7.80. The van der Waals surface area contributed by atoms with Gasteiger partial charge in [-0.05, 0) is 0 Å². The van der Waals surface area contributed by atoms with Crippen molar-refractivity contribution in [3.05, 3.63) is 0 Å². The van der Waals surface area contributed by atoms with Crippen LogP contribution in [-0.4, -0.2) is 39.9 Å². The number of hydrogen-bond donors (Lipinski definition) is 2. The predicted octanol–water partition coefficient (Wildman–Crippen LogP) is 2.16. The molecule has 0 saturated heterocycles. The second-order valence-electron chi connectivity index (χ2n) is 3.20. The number of halogens is 9. The van der Waals surface area contributed by atoms with Gasteiger partial charge in [-0.15, -0.1) is 0 Å². The Morgan fingerprint density at radius 1 is 0.588 bits per heavy atom. The van der Waals surface area contributed by atoms with Gasteiger partial charge in [0.1, 0.15) is 0 Å². The van der Waals surface area contributed by atoms with Crippen LogP contribution in [0, 0.1) is 0 Å². The Hall–Kier alpha value is -0.710. The molecule has 2 nitrogen and oxygen atoms in total. The van der Waals surface area contributed by atoms with Crippen LogP contribution in [0.25, 0.3) is 0 Å². The highest BCUT2D eigenvalue weighted by molar-refractivity contribution is 5.04. The maximum Gasteiger partial charge on any atom is 0.400 e. The molecule has 0 aromatic heterocycles. The van der Waals surface area contributed by atoms with Crippen molar-refractivity contribution < 1.29 is 49.7 Å². The molecular formula is C6H5F9O2. The molecule has 0 aliphatic heterocycles. The Morgan fingerprint density at radius 2 is 0.882 bits per heavy atom. The fourth-order valence-electron chi connectivity index (χ4n) is 0.673. The van der Waals surface area contributed by atoms with Crippen molar-refractivity contribution in [3.8, 4) is 0 Å². The molecule has 0 saturated carbocycles. The van der Waals surface area contributed by atoms with E-state index in [0.29, 0.717) is 0 Å². The van der Waals surface area contributed by atoms with E-state index in [1.807, 2.05) is 0 Å². The minimum Gasteiger partial charge on any atom is -0.335 e. The van der Waals surface area contributed by atoms with Crippen LogP contribution in [0.5, 0.6) is 0 Å². The summed E-state index contributed by atoms with van der Waals surface area (Å²) in [6, 6.07) is -6.09. The van der Waals surface area contributed by atoms with Crippen LogP contribution in [0.2, 0.25) is 0 Å². The van der Waals surface area contributed by atoms with Gasteiger partial charge in [0.05, 0.1) is 0 Å². The molecule has 0 spiro atoms. The van der Waals surface area contributed by atoms with Crippen molar-refractivity contribution in [2.24, 2.45) is 0 Å². The maximum absolute atomic E-state index is 12.4. The van der Waals surface area contributed by atoms with Gasteiger partial charge in [0.2, 0.25) is 0 Å². The molecule has 0 radical (unpaired) electrons. The van der Waals surface area contributed by atoms with E-state index in [1.54, 1.807) is 0 Å². The molecule has 0 heterocycles. The molecule has 0 aliphatic carbocycles. The van der Waals surface area contributed by atoms with Gasteiger partial charge in [0, 0.05) is 6.92 Å². The number of alkyl halides is 9. The van der Waals surface area contributed by atoms with Crippen LogP contribution in [0.1, 0.15) is 6.92 Å². The Bertz CT molecular complexity index is 259. The van der Waals surface area contributed by atoms with Crippen LogP contribution in [0.4, 0.5) is 39.5 Å². The topological polar surface area (TPSA) is 40.5 Å². The standard InChI is InChI=1S/C6H5F9O2/c1-2(7,8)3(9,10)4(11,12)5(13,14)6(15,16)17/h16-17H,1H3. The third-order valence-electron chi connectivity index (χ3n) is 1.74. The molecule has 0 atom stereocenters. The lowest BCUT2D eigenvalue weighted by Gasteiger charge is -2.37. The monoisotopic (exact) mass is 280 g/mol. The molecule has 0 amide bonds. The first-order chi connectivity index (χ1) is 7.00. The van der Waals surface area contributed by atoms with Crippen molar-refractivity contribution in [2.75, 3.05) is 0 Å². The highest BCUT2D eigenvalue weighted by atomic mass is 19.4. The molecule has 17 heavy (non-hydrogen) atoms. The summed E-state index contributed by atoms with van der Waals surface area (Å²) in [5, 5.41) is 15.2. The van der Waals surface area contributed by atoms with E-state index in [2.05, 4.69) is 0 Å². The summed E-state index contributed by atoms with van der Waals surface area (Å²) in [5.74, 6) is -26.2. The van der Waals surface area contributed by atoms with Gasteiger partial charge in [-0.3, -0.25) is 0 Å². The van der Waals surface area contributed by atoms with Crippen molar-refractivity contribution in [3.63, 3.8) is 0 Å². The average Bonchev–Trinajstić information content (AvgIpc) is 1.98. The number of aliphatic hydroxyl groups is 2. The van der Waals surface area contributed by atoms with E-state index in [1.165, 1.54) is 0 Å². The van der Waals surface area contributed by atoms with E-state index in [0.717, 1.165) is 0 Å². The second kappa shape index (κ2) is 3.64. The molecule has 2 N–H and O–H groups in total. The fraction of sp³-hybridized carbons (Fsp3) is 1.00. The number of hydrogen-bond acceptors (Lipinski definition) is 2. The highest BCUT2D eigenvalue weighted by Crippen LogP contribution is 2.55. The molecular weight excluding hydrogens is 275 g/mol. The predicted molar refractivity (Wildman–Crippen MR) is 33.7 cm³/mol. The van der Waals surface area contributed by atoms with Crippen LogP contribution < -0.4 is 0 Å². The molecule has 0 aromatic rings. The maximum atomic E-state index is 12.4. The van der Waals surface area contributed by atoms with Gasteiger partial charge in [-0.25, -0.2) is 0 Å². The summed E-state index contributed by atoms with van der Waals surface area (Å²) in [4.78, 5) is 0. The minimum absolute atomic E-state index is 0.814. The van der Waals surface area contributed by atoms with E-state index >= 15 is 0 Å². The van der Waals surface area contributed by atoms with Gasteiger partial charge in [-0.1, -0.05) is 0 Å². The third-order valence-corrected chi connectivity index (χ3v) is 1.74. The Kier molecular flexibility index (Phi) is 3.49. The lowest BCUT2D eigenvalue weighted by Crippen LogP contribution is -2.67. The summed E-state index contributed by atoms with van der Waals surface area (Å²) in [5.41, 5.74) is 0. The molecule has 0 bridgehead atoms. The summed E-state index contributed by atoms with van der Waals surface area (Å²) < 4.78 is 110. The van der Waals surface area contributed by atoms with Crippen molar-refractivity contribution >= 4 is 0 Å². The summed E-state index contributed by atoms with van der Waals surface area (Å²) in [6.45, 7) is -0.814. The highest BCUT2D eigenvalue weighted by Gasteiger charge is 2.84. The van der Waals surface area contributed by atoms with Crippen LogP contribution in [-0.2, 0) is 0 Å².